The number of hydrogen-bond acceptors (Lipinski definition) is 4. The van der Waals surface area contributed by atoms with E-state index in [9.17, 15) is 9.59 Å². The molecule has 1 fully saturated rings. The van der Waals surface area contributed by atoms with Crippen molar-refractivity contribution < 1.29 is 9.59 Å². The molecule has 2 aromatic rings. The van der Waals surface area contributed by atoms with Gasteiger partial charge in [0.15, 0.2) is 0 Å². The van der Waals surface area contributed by atoms with E-state index in [-0.39, 0.29) is 17.6 Å². The van der Waals surface area contributed by atoms with Gasteiger partial charge in [-0.1, -0.05) is 29.8 Å². The van der Waals surface area contributed by atoms with Gasteiger partial charge in [0.1, 0.15) is 0 Å². The van der Waals surface area contributed by atoms with Crippen molar-refractivity contribution in [2.45, 2.75) is 13.8 Å². The number of hydrogen-bond donors (Lipinski definition) is 1. The topological polar surface area (TPSA) is 52.7 Å². The summed E-state index contributed by atoms with van der Waals surface area (Å²) in [4.78, 5) is 28.7. The SMILES string of the molecule is Cc1ccc(NC(=O)CSCC(=O)N2CCN(c3cccc(C)c3)CC2)cc1. The lowest BCUT2D eigenvalue weighted by Crippen LogP contribution is -2.49. The summed E-state index contributed by atoms with van der Waals surface area (Å²) in [6, 6.07) is 16.2. The highest BCUT2D eigenvalue weighted by atomic mass is 32.2. The summed E-state index contributed by atoms with van der Waals surface area (Å²) < 4.78 is 0. The molecular weight excluding hydrogens is 370 g/mol. The number of nitrogens with zero attached hydrogens (tertiary/aromatic N) is 2. The van der Waals surface area contributed by atoms with Gasteiger partial charge in [-0.25, -0.2) is 0 Å². The molecule has 0 unspecified atom stereocenters. The van der Waals surface area contributed by atoms with Crippen LogP contribution in [0.25, 0.3) is 0 Å². The van der Waals surface area contributed by atoms with Crippen molar-refractivity contribution in [1.82, 2.24) is 4.90 Å². The first-order valence-corrected chi connectivity index (χ1v) is 10.7. The molecule has 5 nitrogen and oxygen atoms in total. The van der Waals surface area contributed by atoms with Gasteiger partial charge in [-0.2, -0.15) is 0 Å². The smallest absolute Gasteiger partial charge is 0.234 e. The summed E-state index contributed by atoms with van der Waals surface area (Å²) >= 11 is 1.37. The highest BCUT2D eigenvalue weighted by Crippen LogP contribution is 2.18. The second-order valence-corrected chi connectivity index (χ2v) is 8.10. The monoisotopic (exact) mass is 397 g/mol. The summed E-state index contributed by atoms with van der Waals surface area (Å²) in [5.41, 5.74) is 4.40. The minimum Gasteiger partial charge on any atom is -0.368 e. The number of carbonyl (C=O) groups excluding carboxylic acids is 2. The van der Waals surface area contributed by atoms with Crippen LogP contribution in [0.4, 0.5) is 11.4 Å². The highest BCUT2D eigenvalue weighted by Gasteiger charge is 2.21. The number of rotatable bonds is 6. The zero-order chi connectivity index (χ0) is 19.9. The minimum absolute atomic E-state index is 0.0779. The molecule has 1 aliphatic heterocycles. The van der Waals surface area contributed by atoms with Gasteiger partial charge in [-0.3, -0.25) is 9.59 Å². The third kappa shape index (κ3) is 5.76. The minimum atomic E-state index is -0.0779. The number of anilines is 2. The van der Waals surface area contributed by atoms with Crippen molar-refractivity contribution in [2.24, 2.45) is 0 Å². The summed E-state index contributed by atoms with van der Waals surface area (Å²) in [6.45, 7) is 7.23. The van der Waals surface area contributed by atoms with Crippen LogP contribution in [0.5, 0.6) is 0 Å². The molecular formula is C22H27N3O2S. The average Bonchev–Trinajstić information content (AvgIpc) is 2.70. The Kier molecular flexibility index (Phi) is 6.98. The highest BCUT2D eigenvalue weighted by molar-refractivity contribution is 8.00. The number of nitrogens with one attached hydrogen (secondary N) is 1. The van der Waals surface area contributed by atoms with Crippen LogP contribution in [-0.4, -0.2) is 54.4 Å². The van der Waals surface area contributed by atoms with E-state index in [0.29, 0.717) is 5.75 Å². The molecule has 28 heavy (non-hydrogen) atoms. The first kappa shape index (κ1) is 20.3. The Morgan fingerprint density at radius 1 is 0.929 bits per heavy atom. The van der Waals surface area contributed by atoms with Gasteiger partial charge in [-0.15, -0.1) is 11.8 Å². The van der Waals surface area contributed by atoms with E-state index < -0.39 is 0 Å². The second-order valence-electron chi connectivity index (χ2n) is 7.11. The molecule has 0 bridgehead atoms. The number of piperazine rings is 1. The molecule has 0 radical (unpaired) electrons. The molecule has 0 atom stereocenters. The molecule has 3 rings (SSSR count). The van der Waals surface area contributed by atoms with Crippen molar-refractivity contribution >= 4 is 35.0 Å². The van der Waals surface area contributed by atoms with Crippen LogP contribution in [0.3, 0.4) is 0 Å². The second kappa shape index (κ2) is 9.64. The van der Waals surface area contributed by atoms with Crippen LogP contribution in [0.15, 0.2) is 48.5 Å². The van der Waals surface area contributed by atoms with Gasteiger partial charge in [-0.05, 0) is 43.7 Å². The van der Waals surface area contributed by atoms with Crippen molar-refractivity contribution in [2.75, 3.05) is 47.9 Å². The molecule has 0 aliphatic carbocycles. The third-order valence-electron chi connectivity index (χ3n) is 4.79. The maximum atomic E-state index is 12.4. The van der Waals surface area contributed by atoms with Crippen molar-refractivity contribution in [1.29, 1.82) is 0 Å². The van der Waals surface area contributed by atoms with Crippen molar-refractivity contribution in [3.05, 3.63) is 59.7 Å². The maximum absolute atomic E-state index is 12.4. The fraction of sp³-hybridized carbons (Fsp3) is 0.364. The van der Waals surface area contributed by atoms with Crippen molar-refractivity contribution in [3.8, 4) is 0 Å². The Bertz CT molecular complexity index is 815. The van der Waals surface area contributed by atoms with Gasteiger partial charge in [0.05, 0.1) is 11.5 Å². The van der Waals surface area contributed by atoms with Gasteiger partial charge in [0, 0.05) is 37.6 Å². The Balaban J connectivity index is 1.37. The molecule has 1 aliphatic rings. The van der Waals surface area contributed by atoms with Gasteiger partial charge in [0.25, 0.3) is 0 Å². The van der Waals surface area contributed by atoms with Crippen LogP contribution >= 0.6 is 11.8 Å². The number of thioether (sulfide) groups is 1. The maximum Gasteiger partial charge on any atom is 0.234 e. The van der Waals surface area contributed by atoms with Crippen LogP contribution in [-0.2, 0) is 9.59 Å². The summed E-state index contributed by atoms with van der Waals surface area (Å²) in [5, 5.41) is 2.86. The van der Waals surface area contributed by atoms with E-state index in [4.69, 9.17) is 0 Å². The van der Waals surface area contributed by atoms with Gasteiger partial charge in [0.2, 0.25) is 11.8 Å². The normalized spacial score (nSPS) is 14.1. The predicted octanol–water partition coefficient (Wildman–Crippen LogP) is 3.32. The van der Waals surface area contributed by atoms with E-state index in [0.717, 1.165) is 37.4 Å². The fourth-order valence-corrected chi connectivity index (χ4v) is 3.91. The Hall–Kier alpha value is -2.47. The molecule has 6 heteroatoms. The number of aryl methyl sites for hydroxylation is 2. The van der Waals surface area contributed by atoms with E-state index in [1.54, 1.807) is 0 Å². The molecule has 0 aromatic heterocycles. The molecule has 148 valence electrons. The summed E-state index contributed by atoms with van der Waals surface area (Å²) in [6.07, 6.45) is 0. The van der Waals surface area contributed by atoms with E-state index in [1.807, 2.05) is 36.1 Å². The largest absolute Gasteiger partial charge is 0.368 e. The Morgan fingerprint density at radius 2 is 1.64 bits per heavy atom. The Labute approximate surface area is 171 Å². The average molecular weight is 398 g/mol. The zero-order valence-corrected chi connectivity index (χ0v) is 17.3. The molecule has 1 heterocycles. The molecule has 0 spiro atoms. The third-order valence-corrected chi connectivity index (χ3v) is 5.71. The lowest BCUT2D eigenvalue weighted by atomic mass is 10.2. The molecule has 1 N–H and O–H groups in total. The van der Waals surface area contributed by atoms with E-state index in [1.165, 1.54) is 23.0 Å². The Morgan fingerprint density at radius 3 is 2.32 bits per heavy atom. The molecule has 1 saturated heterocycles. The van der Waals surface area contributed by atoms with Crippen LogP contribution < -0.4 is 10.2 Å². The zero-order valence-electron chi connectivity index (χ0n) is 16.5. The molecule has 2 aromatic carbocycles. The standard InChI is InChI=1S/C22H27N3O2S/c1-17-6-8-19(9-7-17)23-21(26)15-28-16-22(27)25-12-10-24(11-13-25)20-5-3-4-18(2)14-20/h3-9,14H,10-13,15-16H2,1-2H3,(H,23,26). The van der Waals surface area contributed by atoms with Crippen LogP contribution in [0.2, 0.25) is 0 Å². The first-order chi connectivity index (χ1) is 13.5. The van der Waals surface area contributed by atoms with E-state index >= 15 is 0 Å². The summed E-state index contributed by atoms with van der Waals surface area (Å²) in [7, 11) is 0. The quantitative estimate of drug-likeness (QED) is 0.812. The van der Waals surface area contributed by atoms with Crippen LogP contribution in [0.1, 0.15) is 11.1 Å². The van der Waals surface area contributed by atoms with Gasteiger partial charge < -0.3 is 15.1 Å². The fourth-order valence-electron chi connectivity index (χ4n) is 3.20. The van der Waals surface area contributed by atoms with Crippen molar-refractivity contribution in [3.63, 3.8) is 0 Å². The number of benzene rings is 2. The van der Waals surface area contributed by atoms with Gasteiger partial charge >= 0.3 is 0 Å². The summed E-state index contributed by atoms with van der Waals surface area (Å²) in [5.74, 6) is 0.650. The van der Waals surface area contributed by atoms with Crippen LogP contribution in [0, 0.1) is 13.8 Å². The number of amides is 2. The van der Waals surface area contributed by atoms with E-state index in [2.05, 4.69) is 41.4 Å². The first-order valence-electron chi connectivity index (χ1n) is 9.55. The lowest BCUT2D eigenvalue weighted by Gasteiger charge is -2.36. The predicted molar refractivity (Wildman–Crippen MR) is 117 cm³/mol. The number of carbonyl (C=O) groups is 2. The molecule has 0 saturated carbocycles. The lowest BCUT2D eigenvalue weighted by molar-refractivity contribution is -0.128. The molecule has 2 amide bonds.